The van der Waals surface area contributed by atoms with Crippen molar-refractivity contribution in [3.63, 3.8) is 0 Å². The molecular weight excluding hydrogens is 244 g/mol. The van der Waals surface area contributed by atoms with Crippen LogP contribution in [0.3, 0.4) is 0 Å². The van der Waals surface area contributed by atoms with E-state index in [-0.39, 0.29) is 10.7 Å². The van der Waals surface area contributed by atoms with Gasteiger partial charge in [-0.1, -0.05) is 0 Å². The van der Waals surface area contributed by atoms with Crippen LogP contribution in [0.5, 0.6) is 0 Å². The van der Waals surface area contributed by atoms with E-state index in [1.165, 1.54) is 4.31 Å². The van der Waals surface area contributed by atoms with Crippen LogP contribution in [-0.4, -0.2) is 55.2 Å². The summed E-state index contributed by atoms with van der Waals surface area (Å²) >= 11 is 0. The molecule has 1 aliphatic heterocycles. The molecule has 17 heavy (non-hydrogen) atoms. The number of nitrogens with zero attached hydrogens (tertiary/aromatic N) is 3. The van der Waals surface area contributed by atoms with E-state index in [0.717, 1.165) is 12.4 Å². The monoisotopic (exact) mass is 256 g/mol. The SMILES string of the molecule is O=Cc1ncc(S(=O)(=O)N2CCNCC2)cn1. The summed E-state index contributed by atoms with van der Waals surface area (Å²) in [5.41, 5.74) is 0. The molecule has 2 rings (SSSR count). The smallest absolute Gasteiger partial charge is 0.246 e. The van der Waals surface area contributed by atoms with E-state index in [1.807, 2.05) is 0 Å². The number of aromatic nitrogens is 2. The molecule has 0 bridgehead atoms. The summed E-state index contributed by atoms with van der Waals surface area (Å²) in [5.74, 6) is -0.0238. The average Bonchev–Trinajstić information content (AvgIpc) is 2.40. The highest BCUT2D eigenvalue weighted by Gasteiger charge is 2.26. The van der Waals surface area contributed by atoms with Gasteiger partial charge in [0, 0.05) is 26.2 Å². The van der Waals surface area contributed by atoms with Crippen LogP contribution in [0.1, 0.15) is 10.6 Å². The predicted molar refractivity (Wildman–Crippen MR) is 59.0 cm³/mol. The number of rotatable bonds is 3. The lowest BCUT2D eigenvalue weighted by Gasteiger charge is -2.26. The van der Waals surface area contributed by atoms with Crippen LogP contribution >= 0.6 is 0 Å². The maximum absolute atomic E-state index is 12.1. The van der Waals surface area contributed by atoms with Gasteiger partial charge in [-0.3, -0.25) is 4.79 Å². The molecule has 1 aromatic rings. The van der Waals surface area contributed by atoms with E-state index in [0.29, 0.717) is 32.5 Å². The summed E-state index contributed by atoms with van der Waals surface area (Å²) in [6, 6.07) is 0. The number of sulfonamides is 1. The fraction of sp³-hybridized carbons (Fsp3) is 0.444. The molecule has 0 aliphatic carbocycles. The van der Waals surface area contributed by atoms with Crippen molar-refractivity contribution in [1.82, 2.24) is 19.6 Å². The summed E-state index contributed by atoms with van der Waals surface area (Å²) in [6.07, 6.45) is 2.80. The number of hydrogen-bond acceptors (Lipinski definition) is 6. The predicted octanol–water partition coefficient (Wildman–Crippen LogP) is -1.12. The minimum absolute atomic E-state index is 0.0185. The van der Waals surface area contributed by atoms with Crippen LogP contribution in [0.2, 0.25) is 0 Å². The standard InChI is InChI=1S/C9H12N4O3S/c14-7-9-11-5-8(6-12-9)17(15,16)13-3-1-10-2-4-13/h5-7,10H,1-4H2. The largest absolute Gasteiger partial charge is 0.314 e. The van der Waals surface area contributed by atoms with Gasteiger partial charge >= 0.3 is 0 Å². The first-order chi connectivity index (χ1) is 8.14. The second-order valence-corrected chi connectivity index (χ2v) is 5.49. The number of hydrogen-bond donors (Lipinski definition) is 1. The molecular formula is C9H12N4O3S. The number of carbonyl (C=O) groups excluding carboxylic acids is 1. The summed E-state index contributed by atoms with van der Waals surface area (Å²) in [4.78, 5) is 17.7. The van der Waals surface area contributed by atoms with Gasteiger partial charge in [-0.2, -0.15) is 4.31 Å². The van der Waals surface area contributed by atoms with Gasteiger partial charge in [0.1, 0.15) is 4.90 Å². The third-order valence-electron chi connectivity index (χ3n) is 2.47. The summed E-state index contributed by atoms with van der Waals surface area (Å²) in [6.45, 7) is 2.12. The van der Waals surface area contributed by atoms with Crippen LogP contribution in [0.4, 0.5) is 0 Å². The van der Waals surface area contributed by atoms with Gasteiger partial charge in [-0.15, -0.1) is 0 Å². The molecule has 0 aromatic carbocycles. The van der Waals surface area contributed by atoms with Crippen molar-refractivity contribution in [3.05, 3.63) is 18.2 Å². The van der Waals surface area contributed by atoms with Crippen molar-refractivity contribution in [2.75, 3.05) is 26.2 Å². The fourth-order valence-corrected chi connectivity index (χ4v) is 2.89. The van der Waals surface area contributed by atoms with Crippen molar-refractivity contribution in [2.24, 2.45) is 0 Å². The Balaban J connectivity index is 2.26. The van der Waals surface area contributed by atoms with E-state index in [2.05, 4.69) is 15.3 Å². The second-order valence-electron chi connectivity index (χ2n) is 3.55. The summed E-state index contributed by atoms with van der Waals surface area (Å²) in [5, 5.41) is 3.07. The molecule has 1 N–H and O–H groups in total. The van der Waals surface area contributed by atoms with Crippen molar-refractivity contribution in [3.8, 4) is 0 Å². The molecule has 1 saturated heterocycles. The van der Waals surface area contributed by atoms with Crippen LogP contribution in [-0.2, 0) is 10.0 Å². The molecule has 0 radical (unpaired) electrons. The van der Waals surface area contributed by atoms with Gasteiger partial charge < -0.3 is 5.32 Å². The van der Waals surface area contributed by atoms with Crippen LogP contribution in [0.25, 0.3) is 0 Å². The van der Waals surface area contributed by atoms with E-state index in [4.69, 9.17) is 0 Å². The molecule has 92 valence electrons. The summed E-state index contributed by atoms with van der Waals surface area (Å²) in [7, 11) is -3.53. The van der Waals surface area contributed by atoms with Gasteiger partial charge in [0.25, 0.3) is 0 Å². The molecule has 7 nitrogen and oxygen atoms in total. The molecule has 0 spiro atoms. The van der Waals surface area contributed by atoms with Gasteiger partial charge in [0.2, 0.25) is 10.0 Å². The Kier molecular flexibility index (Phi) is 3.46. The van der Waals surface area contributed by atoms with E-state index < -0.39 is 10.0 Å². The Morgan fingerprint density at radius 1 is 1.24 bits per heavy atom. The molecule has 0 atom stereocenters. The van der Waals surface area contributed by atoms with Gasteiger partial charge in [-0.05, 0) is 0 Å². The molecule has 1 aliphatic rings. The highest BCUT2D eigenvalue weighted by Crippen LogP contribution is 2.13. The van der Waals surface area contributed by atoms with Crippen LogP contribution in [0.15, 0.2) is 17.3 Å². The van der Waals surface area contributed by atoms with Crippen LogP contribution < -0.4 is 5.32 Å². The van der Waals surface area contributed by atoms with Gasteiger partial charge in [0.15, 0.2) is 12.1 Å². The molecule has 0 unspecified atom stereocenters. The number of piperazine rings is 1. The number of aldehydes is 1. The van der Waals surface area contributed by atoms with E-state index >= 15 is 0 Å². The van der Waals surface area contributed by atoms with E-state index in [9.17, 15) is 13.2 Å². The lowest BCUT2D eigenvalue weighted by atomic mass is 10.4. The molecule has 8 heteroatoms. The highest BCUT2D eigenvalue weighted by molar-refractivity contribution is 7.89. The first-order valence-corrected chi connectivity index (χ1v) is 6.56. The quantitative estimate of drug-likeness (QED) is 0.689. The minimum Gasteiger partial charge on any atom is -0.314 e. The van der Waals surface area contributed by atoms with E-state index in [1.54, 1.807) is 0 Å². The lowest BCUT2D eigenvalue weighted by molar-refractivity contribution is 0.111. The Morgan fingerprint density at radius 2 is 1.82 bits per heavy atom. The first kappa shape index (κ1) is 12.1. The van der Waals surface area contributed by atoms with Gasteiger partial charge in [0.05, 0.1) is 12.4 Å². The average molecular weight is 256 g/mol. The Morgan fingerprint density at radius 3 is 2.35 bits per heavy atom. The zero-order valence-electron chi connectivity index (χ0n) is 9.04. The second kappa shape index (κ2) is 4.86. The third-order valence-corrected chi connectivity index (χ3v) is 4.32. The van der Waals surface area contributed by atoms with Crippen molar-refractivity contribution in [2.45, 2.75) is 4.90 Å². The van der Waals surface area contributed by atoms with Crippen molar-refractivity contribution in [1.29, 1.82) is 0 Å². The van der Waals surface area contributed by atoms with Gasteiger partial charge in [-0.25, -0.2) is 18.4 Å². The summed E-state index contributed by atoms with van der Waals surface area (Å²) < 4.78 is 25.6. The zero-order chi connectivity index (χ0) is 12.3. The topological polar surface area (TPSA) is 92.3 Å². The maximum Gasteiger partial charge on any atom is 0.246 e. The highest BCUT2D eigenvalue weighted by atomic mass is 32.2. The normalized spacial score (nSPS) is 17.9. The zero-order valence-corrected chi connectivity index (χ0v) is 9.85. The fourth-order valence-electron chi connectivity index (χ4n) is 1.55. The Bertz CT molecular complexity index is 493. The third kappa shape index (κ3) is 2.48. The minimum atomic E-state index is -3.53. The molecule has 1 fully saturated rings. The van der Waals surface area contributed by atoms with Crippen LogP contribution in [0, 0.1) is 0 Å². The lowest BCUT2D eigenvalue weighted by Crippen LogP contribution is -2.46. The molecule has 1 aromatic heterocycles. The molecule has 0 saturated carbocycles. The van der Waals surface area contributed by atoms with Crippen molar-refractivity contribution >= 4 is 16.3 Å². The number of carbonyl (C=O) groups is 1. The first-order valence-electron chi connectivity index (χ1n) is 5.12. The number of nitrogens with one attached hydrogen (secondary N) is 1. The Hall–Kier alpha value is -1.38. The molecule has 2 heterocycles. The Labute approximate surface area is 98.9 Å². The van der Waals surface area contributed by atoms with Crippen molar-refractivity contribution < 1.29 is 13.2 Å². The maximum atomic E-state index is 12.1. The molecule has 0 amide bonds.